The number of phenolic OH excluding ortho intramolecular Hbond substituents is 2. The van der Waals surface area contributed by atoms with Gasteiger partial charge < -0.3 is 56.1 Å². The van der Waals surface area contributed by atoms with Crippen molar-refractivity contribution in [2.75, 3.05) is 98.2 Å². The van der Waals surface area contributed by atoms with Gasteiger partial charge in [-0.1, -0.05) is 0 Å². The number of aromatic hydroxyl groups is 2. The molecule has 0 saturated carbocycles. The van der Waals surface area contributed by atoms with Gasteiger partial charge in [-0.2, -0.15) is 0 Å². The standard InChI is InChI=1S/C43H53N9O6/c1-50(2)22-18-46-42(57)28-10-14-34(36-38(28)48-32-12-8-26(53)24-30(32)40(36)55)44-16-6-20-52(5)21-7-17-45-35-15-11-29(43(58)47-19-23-51(3)4)39-37(35)41(56)31-25-27(54)9-13-33(31)49-39/h8-15,24-25,44-45,53-54H,6-7,16-23H2,1-5H3,(H,46,57)(H,47,58)(H,48,55)(H,49,56). The lowest BCUT2D eigenvalue weighted by Crippen LogP contribution is -2.31. The number of benzene rings is 4. The third-order valence-electron chi connectivity index (χ3n) is 10.1. The van der Waals surface area contributed by atoms with E-state index >= 15 is 0 Å². The number of rotatable bonds is 18. The van der Waals surface area contributed by atoms with Crippen LogP contribution in [0.3, 0.4) is 0 Å². The van der Waals surface area contributed by atoms with Crippen LogP contribution in [0, 0.1) is 0 Å². The van der Waals surface area contributed by atoms with Gasteiger partial charge >= 0.3 is 0 Å². The van der Waals surface area contributed by atoms with Gasteiger partial charge in [0.1, 0.15) is 11.5 Å². The van der Waals surface area contributed by atoms with E-state index in [0.29, 0.717) is 105 Å². The summed E-state index contributed by atoms with van der Waals surface area (Å²) in [6.45, 7) is 4.90. The van der Waals surface area contributed by atoms with Crippen LogP contribution in [0.1, 0.15) is 33.6 Å². The van der Waals surface area contributed by atoms with Gasteiger partial charge in [-0.05, 0) is 122 Å². The van der Waals surface area contributed by atoms with Gasteiger partial charge in [0.05, 0.1) is 44.0 Å². The van der Waals surface area contributed by atoms with Gasteiger partial charge in [0.2, 0.25) is 0 Å². The number of hydrogen-bond donors (Lipinski definition) is 8. The van der Waals surface area contributed by atoms with Crippen LogP contribution in [-0.4, -0.2) is 134 Å². The van der Waals surface area contributed by atoms with Crippen molar-refractivity contribution in [2.45, 2.75) is 12.8 Å². The number of pyridine rings is 2. The van der Waals surface area contributed by atoms with E-state index < -0.39 is 0 Å². The largest absolute Gasteiger partial charge is 0.508 e. The predicted molar refractivity (Wildman–Crippen MR) is 233 cm³/mol. The monoisotopic (exact) mass is 791 g/mol. The van der Waals surface area contributed by atoms with Crippen LogP contribution in [0.5, 0.6) is 11.5 Å². The zero-order chi connectivity index (χ0) is 41.5. The molecule has 306 valence electrons. The van der Waals surface area contributed by atoms with Gasteiger partial charge in [-0.3, -0.25) is 19.2 Å². The van der Waals surface area contributed by atoms with Crippen molar-refractivity contribution >= 4 is 66.8 Å². The number of phenols is 2. The summed E-state index contributed by atoms with van der Waals surface area (Å²) in [6, 6.07) is 16.1. The maximum atomic E-state index is 13.8. The van der Waals surface area contributed by atoms with Crippen molar-refractivity contribution in [3.63, 3.8) is 0 Å². The first-order valence-electron chi connectivity index (χ1n) is 19.5. The van der Waals surface area contributed by atoms with Crippen molar-refractivity contribution in [3.05, 3.63) is 92.2 Å². The molecular weight excluding hydrogens is 739 g/mol. The Kier molecular flexibility index (Phi) is 13.2. The van der Waals surface area contributed by atoms with Crippen LogP contribution in [0.4, 0.5) is 11.4 Å². The molecule has 0 radical (unpaired) electrons. The third-order valence-corrected chi connectivity index (χ3v) is 10.1. The zero-order valence-electron chi connectivity index (χ0n) is 33.7. The molecule has 8 N–H and O–H groups in total. The van der Waals surface area contributed by atoms with Gasteiger partial charge in [0, 0.05) is 61.4 Å². The lowest BCUT2D eigenvalue weighted by molar-refractivity contribution is 0.0944. The van der Waals surface area contributed by atoms with Gasteiger partial charge in [0.15, 0.2) is 10.9 Å². The first-order chi connectivity index (χ1) is 27.8. The fourth-order valence-corrected chi connectivity index (χ4v) is 7.04. The number of fused-ring (bicyclic) bond motifs is 4. The molecule has 0 bridgehead atoms. The molecule has 15 heteroatoms. The predicted octanol–water partition coefficient (Wildman–Crippen LogP) is 3.91. The van der Waals surface area contributed by atoms with E-state index in [4.69, 9.17) is 0 Å². The van der Waals surface area contributed by atoms with E-state index in [-0.39, 0.29) is 34.2 Å². The smallest absolute Gasteiger partial charge is 0.253 e. The molecule has 15 nitrogen and oxygen atoms in total. The van der Waals surface area contributed by atoms with Crippen LogP contribution in [-0.2, 0) is 0 Å². The summed E-state index contributed by atoms with van der Waals surface area (Å²) in [6.07, 6.45) is 1.53. The van der Waals surface area contributed by atoms with Crippen LogP contribution >= 0.6 is 0 Å². The lowest BCUT2D eigenvalue weighted by atomic mass is 10.0. The molecule has 0 fully saturated rings. The minimum absolute atomic E-state index is 0.0203. The third kappa shape index (κ3) is 9.50. The number of nitrogens with one attached hydrogen (secondary N) is 6. The summed E-state index contributed by atoms with van der Waals surface area (Å²) in [5.41, 5.74) is 3.26. The highest BCUT2D eigenvalue weighted by Gasteiger charge is 2.20. The Morgan fingerprint density at radius 2 is 0.983 bits per heavy atom. The number of carbonyl (C=O) groups is 2. The molecule has 0 spiro atoms. The van der Waals surface area contributed by atoms with Crippen molar-refractivity contribution in [1.82, 2.24) is 35.3 Å². The maximum absolute atomic E-state index is 13.8. The van der Waals surface area contributed by atoms with E-state index in [1.165, 1.54) is 24.3 Å². The Morgan fingerprint density at radius 1 is 0.569 bits per heavy atom. The van der Waals surface area contributed by atoms with Crippen molar-refractivity contribution < 1.29 is 19.8 Å². The Labute approximate surface area is 336 Å². The number of aromatic nitrogens is 2. The molecule has 2 amide bonds. The average molecular weight is 792 g/mol. The molecule has 58 heavy (non-hydrogen) atoms. The summed E-state index contributed by atoms with van der Waals surface area (Å²) >= 11 is 0. The zero-order valence-corrected chi connectivity index (χ0v) is 33.7. The number of anilines is 2. The Bertz CT molecular complexity index is 2410. The quantitative estimate of drug-likeness (QED) is 0.0464. The highest BCUT2D eigenvalue weighted by Crippen LogP contribution is 2.28. The Balaban J connectivity index is 1.09. The van der Waals surface area contributed by atoms with Gasteiger partial charge in [-0.25, -0.2) is 0 Å². The minimum Gasteiger partial charge on any atom is -0.508 e. The molecule has 0 aliphatic heterocycles. The first kappa shape index (κ1) is 41.5. The second-order valence-electron chi connectivity index (χ2n) is 15.2. The fourth-order valence-electron chi connectivity index (χ4n) is 7.04. The van der Waals surface area contributed by atoms with Crippen LogP contribution in [0.2, 0.25) is 0 Å². The number of aromatic amines is 2. The highest BCUT2D eigenvalue weighted by atomic mass is 16.3. The molecule has 0 aliphatic rings. The number of amides is 2. The van der Waals surface area contributed by atoms with E-state index in [0.717, 1.165) is 25.9 Å². The topological polar surface area (TPSA) is 198 Å². The first-order valence-corrected chi connectivity index (χ1v) is 19.5. The van der Waals surface area contributed by atoms with E-state index in [9.17, 15) is 29.4 Å². The number of nitrogens with zero attached hydrogens (tertiary/aromatic N) is 3. The molecule has 0 atom stereocenters. The maximum Gasteiger partial charge on any atom is 0.253 e. The van der Waals surface area contributed by atoms with Crippen molar-refractivity contribution in [1.29, 1.82) is 0 Å². The van der Waals surface area contributed by atoms with Crippen LogP contribution in [0.25, 0.3) is 43.6 Å². The lowest BCUT2D eigenvalue weighted by Gasteiger charge is -2.19. The van der Waals surface area contributed by atoms with Crippen LogP contribution < -0.4 is 32.1 Å². The number of carbonyl (C=O) groups excluding carboxylic acids is 2. The minimum atomic E-state index is -0.285. The summed E-state index contributed by atoms with van der Waals surface area (Å²) in [5.74, 6) is -0.610. The summed E-state index contributed by atoms with van der Waals surface area (Å²) in [5, 5.41) is 34.3. The molecule has 0 unspecified atom stereocenters. The summed E-state index contributed by atoms with van der Waals surface area (Å²) in [4.78, 5) is 66.8. The average Bonchev–Trinajstić information content (AvgIpc) is 3.18. The molecule has 6 rings (SSSR count). The summed E-state index contributed by atoms with van der Waals surface area (Å²) in [7, 11) is 9.74. The normalized spacial score (nSPS) is 11.7. The van der Waals surface area contributed by atoms with E-state index in [1.54, 1.807) is 36.4 Å². The number of H-pyrrole nitrogens is 2. The Hall–Kier alpha value is -6.16. The molecule has 6 aromatic rings. The molecular formula is C43H53N9O6. The molecule has 4 aromatic carbocycles. The van der Waals surface area contributed by atoms with Crippen molar-refractivity contribution in [3.8, 4) is 11.5 Å². The molecule has 2 heterocycles. The molecule has 0 saturated heterocycles. The van der Waals surface area contributed by atoms with E-state index in [1.807, 2.05) is 45.0 Å². The second-order valence-corrected chi connectivity index (χ2v) is 15.2. The Morgan fingerprint density at radius 3 is 1.38 bits per heavy atom. The fraction of sp³-hybridized carbons (Fsp3) is 0.349. The van der Waals surface area contributed by atoms with Gasteiger partial charge in [0.25, 0.3) is 11.8 Å². The number of hydrogen-bond acceptors (Lipinski definition) is 11. The van der Waals surface area contributed by atoms with Crippen LogP contribution in [0.15, 0.2) is 70.3 Å². The molecule has 2 aromatic heterocycles. The highest BCUT2D eigenvalue weighted by molar-refractivity contribution is 6.12. The van der Waals surface area contributed by atoms with Crippen molar-refractivity contribution in [2.24, 2.45) is 0 Å². The van der Waals surface area contributed by atoms with Gasteiger partial charge in [-0.15, -0.1) is 0 Å². The van der Waals surface area contributed by atoms with E-state index in [2.05, 4.69) is 36.1 Å². The summed E-state index contributed by atoms with van der Waals surface area (Å²) < 4.78 is 0. The number of likely N-dealkylation sites (N-methyl/N-ethyl adjacent to an activating group) is 2. The molecule has 0 aliphatic carbocycles. The second kappa shape index (κ2) is 18.4. The SMILES string of the molecule is CN(C)CCNC(=O)c1ccc(NCCCN(C)CCCNc2ccc(C(=O)NCCN(C)C)c3[nH]c4ccc(O)cc4c(=O)c23)c2c(=O)c3cc(O)ccc3[nH]c12.